The van der Waals surface area contributed by atoms with Crippen LogP contribution in [0.1, 0.15) is 42.4 Å². The van der Waals surface area contributed by atoms with E-state index in [0.717, 1.165) is 48.6 Å². The molecule has 5 nitrogen and oxygen atoms in total. The second kappa shape index (κ2) is 5.60. The van der Waals surface area contributed by atoms with Gasteiger partial charge in [0.1, 0.15) is 5.58 Å². The summed E-state index contributed by atoms with van der Waals surface area (Å²) in [5, 5.41) is 10.3. The van der Waals surface area contributed by atoms with E-state index in [0.29, 0.717) is 19.5 Å². The standard InChI is InChI=1S/C21H23NO4/c23-19(22-6-4-21(5-7-22)11-17(21)20(24)25)10-15-12-26-18-9-14-3-1-2-13(14)8-16(15)18/h8-9,12,17H,1-7,10-11H2,(H,24,25). The van der Waals surface area contributed by atoms with Crippen molar-refractivity contribution in [3.05, 3.63) is 35.1 Å². The first kappa shape index (κ1) is 15.9. The predicted molar refractivity (Wildman–Crippen MR) is 95.9 cm³/mol. The first-order valence-corrected chi connectivity index (χ1v) is 9.58. The Hall–Kier alpha value is -2.30. The minimum absolute atomic E-state index is 0.0362. The smallest absolute Gasteiger partial charge is 0.307 e. The molecule has 1 aromatic carbocycles. The fourth-order valence-electron chi connectivity index (χ4n) is 5.01. The number of carboxylic acids is 1. The van der Waals surface area contributed by atoms with Crippen LogP contribution in [-0.2, 0) is 28.9 Å². The van der Waals surface area contributed by atoms with Crippen molar-refractivity contribution in [2.45, 2.75) is 44.9 Å². The van der Waals surface area contributed by atoms with Gasteiger partial charge in [0.25, 0.3) is 0 Å². The second-order valence-electron chi connectivity index (χ2n) is 8.25. The van der Waals surface area contributed by atoms with Crippen molar-refractivity contribution >= 4 is 22.8 Å². The molecule has 1 saturated heterocycles. The predicted octanol–water partition coefficient (Wildman–Crippen LogP) is 3.18. The van der Waals surface area contributed by atoms with E-state index in [4.69, 9.17) is 4.42 Å². The number of carboxylic acid groups (broad SMARTS) is 1. The zero-order valence-electron chi connectivity index (χ0n) is 14.8. The normalized spacial score (nSPS) is 23.4. The molecule has 26 heavy (non-hydrogen) atoms. The highest BCUT2D eigenvalue weighted by molar-refractivity contribution is 5.88. The summed E-state index contributed by atoms with van der Waals surface area (Å²) in [5.74, 6) is -0.752. The van der Waals surface area contributed by atoms with Crippen LogP contribution in [0.15, 0.2) is 22.8 Å². The lowest BCUT2D eigenvalue weighted by Gasteiger charge is -2.32. The van der Waals surface area contributed by atoms with Crippen LogP contribution in [0.2, 0.25) is 0 Å². The summed E-state index contributed by atoms with van der Waals surface area (Å²) in [6, 6.07) is 4.34. The average Bonchev–Trinajstić information content (AvgIpc) is 2.97. The van der Waals surface area contributed by atoms with Gasteiger partial charge in [-0.3, -0.25) is 9.59 Å². The number of nitrogens with zero attached hydrogens (tertiary/aromatic N) is 1. The molecule has 1 aromatic heterocycles. The van der Waals surface area contributed by atoms with Crippen LogP contribution < -0.4 is 0 Å². The molecule has 2 aromatic rings. The molecule has 2 heterocycles. The summed E-state index contributed by atoms with van der Waals surface area (Å²) < 4.78 is 5.71. The molecule has 5 heteroatoms. The number of piperidine rings is 1. The number of rotatable bonds is 3. The highest BCUT2D eigenvalue weighted by Crippen LogP contribution is 2.59. The molecule has 0 radical (unpaired) electrons. The van der Waals surface area contributed by atoms with Crippen molar-refractivity contribution in [2.24, 2.45) is 11.3 Å². The summed E-state index contributed by atoms with van der Waals surface area (Å²) >= 11 is 0. The van der Waals surface area contributed by atoms with Gasteiger partial charge in [-0.05, 0) is 67.2 Å². The Morgan fingerprint density at radius 3 is 2.62 bits per heavy atom. The number of carbonyl (C=O) groups is 2. The van der Waals surface area contributed by atoms with E-state index < -0.39 is 5.97 Å². The van der Waals surface area contributed by atoms with Gasteiger partial charge in [0.15, 0.2) is 0 Å². The molecule has 3 aliphatic rings. The van der Waals surface area contributed by atoms with Crippen LogP contribution >= 0.6 is 0 Å². The van der Waals surface area contributed by atoms with Gasteiger partial charge in [0.05, 0.1) is 18.6 Å². The van der Waals surface area contributed by atoms with Crippen molar-refractivity contribution in [1.29, 1.82) is 0 Å². The molecular weight excluding hydrogens is 330 g/mol. The highest BCUT2D eigenvalue weighted by Gasteiger charge is 2.59. The number of likely N-dealkylation sites (tertiary alicyclic amines) is 1. The first-order chi connectivity index (χ1) is 12.6. The monoisotopic (exact) mass is 353 g/mol. The lowest BCUT2D eigenvalue weighted by atomic mass is 9.90. The number of furan rings is 1. The fourth-order valence-corrected chi connectivity index (χ4v) is 5.01. The second-order valence-corrected chi connectivity index (χ2v) is 8.25. The van der Waals surface area contributed by atoms with Crippen molar-refractivity contribution in [1.82, 2.24) is 4.90 Å². The van der Waals surface area contributed by atoms with Gasteiger partial charge in [-0.1, -0.05) is 0 Å². The third-order valence-electron chi connectivity index (χ3n) is 6.81. The maximum atomic E-state index is 12.8. The van der Waals surface area contributed by atoms with Gasteiger partial charge in [-0.2, -0.15) is 0 Å². The first-order valence-electron chi connectivity index (χ1n) is 9.58. The Labute approximate surface area is 152 Å². The number of fused-ring (bicyclic) bond motifs is 2. The quantitative estimate of drug-likeness (QED) is 0.920. The number of benzene rings is 1. The molecule has 1 aliphatic heterocycles. The van der Waals surface area contributed by atoms with E-state index in [9.17, 15) is 14.7 Å². The number of aryl methyl sites for hydroxylation is 2. The molecule has 1 amide bonds. The number of aliphatic carboxylic acids is 1. The van der Waals surface area contributed by atoms with Crippen LogP contribution in [0.5, 0.6) is 0 Å². The van der Waals surface area contributed by atoms with Gasteiger partial charge in [-0.15, -0.1) is 0 Å². The minimum Gasteiger partial charge on any atom is -0.481 e. The molecule has 1 unspecified atom stereocenters. The third-order valence-corrected chi connectivity index (χ3v) is 6.81. The summed E-state index contributed by atoms with van der Waals surface area (Å²) in [6.45, 7) is 1.35. The molecule has 5 rings (SSSR count). The van der Waals surface area contributed by atoms with Gasteiger partial charge in [-0.25, -0.2) is 0 Å². The van der Waals surface area contributed by atoms with Gasteiger partial charge >= 0.3 is 5.97 Å². The van der Waals surface area contributed by atoms with E-state index >= 15 is 0 Å². The number of carbonyl (C=O) groups excluding carboxylic acids is 1. The molecule has 1 saturated carbocycles. The molecule has 1 spiro atoms. The number of amides is 1. The van der Waals surface area contributed by atoms with Crippen molar-refractivity contribution in [3.63, 3.8) is 0 Å². The van der Waals surface area contributed by atoms with Crippen LogP contribution in [0.4, 0.5) is 0 Å². The van der Waals surface area contributed by atoms with E-state index in [-0.39, 0.29) is 17.2 Å². The largest absolute Gasteiger partial charge is 0.481 e. The summed E-state index contributed by atoms with van der Waals surface area (Å²) in [7, 11) is 0. The molecule has 2 aliphatic carbocycles. The Kier molecular flexibility index (Phi) is 3.43. The number of hydrogen-bond acceptors (Lipinski definition) is 3. The van der Waals surface area contributed by atoms with E-state index in [1.54, 1.807) is 6.26 Å². The zero-order chi connectivity index (χ0) is 17.9. The zero-order valence-corrected chi connectivity index (χ0v) is 14.8. The Bertz CT molecular complexity index is 904. The van der Waals surface area contributed by atoms with Gasteiger partial charge < -0.3 is 14.4 Å². The molecule has 0 bridgehead atoms. The van der Waals surface area contributed by atoms with Crippen molar-refractivity contribution in [2.75, 3.05) is 13.1 Å². The Morgan fingerprint density at radius 1 is 1.19 bits per heavy atom. The topological polar surface area (TPSA) is 70.8 Å². The average molecular weight is 353 g/mol. The SMILES string of the molecule is O=C(O)C1CC12CCN(C(=O)Cc1coc3cc4c(cc13)CCC4)CC2. The Balaban J connectivity index is 1.28. The third kappa shape index (κ3) is 2.44. The molecular formula is C21H23NO4. The van der Waals surface area contributed by atoms with Crippen LogP contribution in [-0.4, -0.2) is 35.0 Å². The van der Waals surface area contributed by atoms with Crippen molar-refractivity contribution in [3.8, 4) is 0 Å². The molecule has 136 valence electrons. The lowest BCUT2D eigenvalue weighted by Crippen LogP contribution is -2.40. The Morgan fingerprint density at radius 2 is 1.92 bits per heavy atom. The minimum atomic E-state index is -0.679. The van der Waals surface area contributed by atoms with Gasteiger partial charge in [0, 0.05) is 24.0 Å². The maximum Gasteiger partial charge on any atom is 0.307 e. The maximum absolute atomic E-state index is 12.8. The van der Waals surface area contributed by atoms with Crippen LogP contribution in [0, 0.1) is 11.3 Å². The summed E-state index contributed by atoms with van der Waals surface area (Å²) in [5.41, 5.74) is 4.58. The summed E-state index contributed by atoms with van der Waals surface area (Å²) in [4.78, 5) is 25.8. The molecule has 1 atom stereocenters. The van der Waals surface area contributed by atoms with Crippen molar-refractivity contribution < 1.29 is 19.1 Å². The number of hydrogen-bond donors (Lipinski definition) is 1. The fraction of sp³-hybridized carbons (Fsp3) is 0.524. The van der Waals surface area contributed by atoms with E-state index in [1.165, 1.54) is 17.5 Å². The molecule has 2 fully saturated rings. The molecule has 1 N–H and O–H groups in total. The highest BCUT2D eigenvalue weighted by atomic mass is 16.4. The van der Waals surface area contributed by atoms with E-state index in [1.807, 2.05) is 4.90 Å². The lowest BCUT2D eigenvalue weighted by molar-refractivity contribution is -0.139. The van der Waals surface area contributed by atoms with Crippen LogP contribution in [0.25, 0.3) is 11.0 Å². The van der Waals surface area contributed by atoms with Gasteiger partial charge in [0.2, 0.25) is 5.91 Å². The van der Waals surface area contributed by atoms with E-state index in [2.05, 4.69) is 12.1 Å². The summed E-state index contributed by atoms with van der Waals surface area (Å²) in [6.07, 6.45) is 7.93. The van der Waals surface area contributed by atoms with Crippen LogP contribution in [0.3, 0.4) is 0 Å².